The van der Waals surface area contributed by atoms with Crippen molar-refractivity contribution in [2.45, 2.75) is 20.4 Å². The van der Waals surface area contributed by atoms with Crippen molar-refractivity contribution in [2.24, 2.45) is 0 Å². The molecule has 2 nitrogen and oxygen atoms in total. The number of rotatable bonds is 2. The molecule has 15 heavy (non-hydrogen) atoms. The zero-order chi connectivity index (χ0) is 11.0. The largest absolute Gasteiger partial charge is 0.337 e. The van der Waals surface area contributed by atoms with Crippen LogP contribution in [0.2, 0.25) is 0 Å². The van der Waals surface area contributed by atoms with Gasteiger partial charge in [0.2, 0.25) is 0 Å². The van der Waals surface area contributed by atoms with Crippen LogP contribution in [0.25, 0.3) is 10.9 Å². The van der Waals surface area contributed by atoms with E-state index >= 15 is 0 Å². The number of halogens is 1. The zero-order valence-corrected chi connectivity index (χ0v) is 8.75. The molecule has 0 radical (unpaired) electrons. The number of hydrogen-bond donors (Lipinski definition) is 0. The first-order valence-corrected chi connectivity index (χ1v) is 4.83. The second kappa shape index (κ2) is 3.50. The van der Waals surface area contributed by atoms with Crippen LogP contribution < -0.4 is 0 Å². The summed E-state index contributed by atoms with van der Waals surface area (Å²) in [4.78, 5) is 10.5. The number of carbonyl (C=O) groups excluding carboxylic acids is 1. The summed E-state index contributed by atoms with van der Waals surface area (Å²) in [5.74, 6) is -0.271. The van der Waals surface area contributed by atoms with Crippen LogP contribution in [0.1, 0.15) is 11.3 Å². The normalized spacial score (nSPS) is 10.9. The summed E-state index contributed by atoms with van der Waals surface area (Å²) in [6.45, 7) is 4.20. The predicted octanol–water partition coefficient (Wildman–Crippen LogP) is 2.60. The monoisotopic (exact) mass is 205 g/mol. The standard InChI is InChI=1S/C12H12FNO/c1-8-9(2)14(5-6-15)12-7-10(13)3-4-11(8)12/h3-4,6-7H,5H2,1-2H3. The third kappa shape index (κ3) is 1.44. The van der Waals surface area contributed by atoms with E-state index in [2.05, 4.69) is 0 Å². The molecule has 0 aliphatic heterocycles. The molecule has 2 rings (SSSR count). The lowest BCUT2D eigenvalue weighted by atomic mass is 10.1. The van der Waals surface area contributed by atoms with Crippen molar-refractivity contribution in [3.05, 3.63) is 35.3 Å². The second-order valence-corrected chi connectivity index (χ2v) is 3.65. The fourth-order valence-corrected chi connectivity index (χ4v) is 1.93. The van der Waals surface area contributed by atoms with Crippen LogP contribution in [-0.4, -0.2) is 10.9 Å². The summed E-state index contributed by atoms with van der Waals surface area (Å²) in [7, 11) is 0. The van der Waals surface area contributed by atoms with E-state index in [0.717, 1.165) is 28.4 Å². The first kappa shape index (κ1) is 9.90. The lowest BCUT2D eigenvalue weighted by Gasteiger charge is -2.02. The van der Waals surface area contributed by atoms with E-state index < -0.39 is 0 Å². The summed E-state index contributed by atoms with van der Waals surface area (Å²) >= 11 is 0. The molecular weight excluding hydrogens is 193 g/mol. The summed E-state index contributed by atoms with van der Waals surface area (Å²) in [6, 6.07) is 4.67. The molecule has 0 N–H and O–H groups in total. The highest BCUT2D eigenvalue weighted by atomic mass is 19.1. The number of aryl methyl sites for hydroxylation is 1. The molecule has 0 saturated heterocycles. The minimum absolute atomic E-state index is 0.271. The van der Waals surface area contributed by atoms with Crippen molar-refractivity contribution in [1.29, 1.82) is 0 Å². The zero-order valence-electron chi connectivity index (χ0n) is 8.75. The Morgan fingerprint density at radius 3 is 2.80 bits per heavy atom. The molecule has 0 atom stereocenters. The highest BCUT2D eigenvalue weighted by Gasteiger charge is 2.10. The van der Waals surface area contributed by atoms with Crippen LogP contribution >= 0.6 is 0 Å². The van der Waals surface area contributed by atoms with E-state index in [9.17, 15) is 9.18 Å². The fraction of sp³-hybridized carbons (Fsp3) is 0.250. The molecule has 0 saturated carbocycles. The molecule has 0 bridgehead atoms. The fourth-order valence-electron chi connectivity index (χ4n) is 1.93. The molecule has 3 heteroatoms. The van der Waals surface area contributed by atoms with Gasteiger partial charge in [-0.1, -0.05) is 0 Å². The Bertz CT molecular complexity index is 528. The van der Waals surface area contributed by atoms with E-state index in [1.54, 1.807) is 6.07 Å². The van der Waals surface area contributed by atoms with Crippen molar-refractivity contribution in [1.82, 2.24) is 4.57 Å². The van der Waals surface area contributed by atoms with Crippen LogP contribution in [0.15, 0.2) is 18.2 Å². The van der Waals surface area contributed by atoms with Gasteiger partial charge in [0.05, 0.1) is 12.1 Å². The van der Waals surface area contributed by atoms with Gasteiger partial charge >= 0.3 is 0 Å². The third-order valence-electron chi connectivity index (χ3n) is 2.86. The van der Waals surface area contributed by atoms with Crippen LogP contribution in [-0.2, 0) is 11.3 Å². The second-order valence-electron chi connectivity index (χ2n) is 3.65. The molecular formula is C12H12FNO. The minimum Gasteiger partial charge on any atom is -0.337 e. The molecule has 0 spiro atoms. The van der Waals surface area contributed by atoms with Crippen molar-refractivity contribution >= 4 is 17.2 Å². The van der Waals surface area contributed by atoms with Gasteiger partial charge in [-0.2, -0.15) is 0 Å². The van der Waals surface area contributed by atoms with Crippen molar-refractivity contribution in [3.8, 4) is 0 Å². The number of aromatic nitrogens is 1. The molecule has 2 aromatic rings. The lowest BCUT2D eigenvalue weighted by Crippen LogP contribution is -2.00. The van der Waals surface area contributed by atoms with Gasteiger partial charge in [-0.15, -0.1) is 0 Å². The molecule has 0 amide bonds. The Hall–Kier alpha value is -1.64. The van der Waals surface area contributed by atoms with Gasteiger partial charge < -0.3 is 9.36 Å². The molecule has 1 aromatic heterocycles. The number of carbonyl (C=O) groups is 1. The van der Waals surface area contributed by atoms with Gasteiger partial charge in [0.1, 0.15) is 12.1 Å². The van der Waals surface area contributed by atoms with Gasteiger partial charge in [0.25, 0.3) is 0 Å². The lowest BCUT2D eigenvalue weighted by molar-refractivity contribution is -0.108. The Labute approximate surface area is 87.3 Å². The van der Waals surface area contributed by atoms with Crippen molar-refractivity contribution in [2.75, 3.05) is 0 Å². The van der Waals surface area contributed by atoms with E-state index in [4.69, 9.17) is 0 Å². The van der Waals surface area contributed by atoms with Crippen molar-refractivity contribution < 1.29 is 9.18 Å². The average Bonchev–Trinajstić information content (AvgIpc) is 2.44. The Kier molecular flexibility index (Phi) is 2.31. The number of nitrogens with zero attached hydrogens (tertiary/aromatic N) is 1. The number of hydrogen-bond acceptors (Lipinski definition) is 1. The summed E-state index contributed by atoms with van der Waals surface area (Å²) in [6.07, 6.45) is 0.830. The summed E-state index contributed by atoms with van der Waals surface area (Å²) < 4.78 is 14.9. The maximum atomic E-state index is 13.1. The molecule has 0 fully saturated rings. The Morgan fingerprint density at radius 2 is 2.13 bits per heavy atom. The van der Waals surface area contributed by atoms with E-state index in [-0.39, 0.29) is 12.4 Å². The Morgan fingerprint density at radius 1 is 1.40 bits per heavy atom. The van der Waals surface area contributed by atoms with Crippen LogP contribution in [0.4, 0.5) is 4.39 Å². The predicted molar refractivity (Wildman–Crippen MR) is 57.4 cm³/mol. The van der Waals surface area contributed by atoms with Gasteiger partial charge in [0, 0.05) is 11.1 Å². The van der Waals surface area contributed by atoms with Crippen LogP contribution in [0.3, 0.4) is 0 Å². The average molecular weight is 205 g/mol. The summed E-state index contributed by atoms with van der Waals surface area (Å²) in [5, 5.41) is 1.01. The van der Waals surface area contributed by atoms with E-state index in [1.165, 1.54) is 12.1 Å². The quantitative estimate of drug-likeness (QED) is 0.691. The Balaban J connectivity index is 2.81. The number of fused-ring (bicyclic) bond motifs is 1. The van der Waals surface area contributed by atoms with Gasteiger partial charge in [-0.3, -0.25) is 0 Å². The first-order chi connectivity index (χ1) is 7.15. The van der Waals surface area contributed by atoms with Crippen molar-refractivity contribution in [3.63, 3.8) is 0 Å². The highest BCUT2D eigenvalue weighted by molar-refractivity contribution is 5.85. The molecule has 1 aromatic carbocycles. The van der Waals surface area contributed by atoms with Crippen LogP contribution in [0.5, 0.6) is 0 Å². The molecule has 78 valence electrons. The SMILES string of the molecule is Cc1c(C)n(CC=O)c2cc(F)ccc12. The van der Waals surface area contributed by atoms with E-state index in [0.29, 0.717) is 0 Å². The summed E-state index contributed by atoms with van der Waals surface area (Å²) in [5.41, 5.74) is 2.91. The van der Waals surface area contributed by atoms with Gasteiger partial charge in [-0.25, -0.2) is 4.39 Å². The first-order valence-electron chi connectivity index (χ1n) is 4.83. The smallest absolute Gasteiger partial charge is 0.139 e. The van der Waals surface area contributed by atoms with Crippen LogP contribution in [0, 0.1) is 19.7 Å². The maximum absolute atomic E-state index is 13.1. The van der Waals surface area contributed by atoms with Gasteiger partial charge in [-0.05, 0) is 37.6 Å². The highest BCUT2D eigenvalue weighted by Crippen LogP contribution is 2.25. The number of aldehydes is 1. The van der Waals surface area contributed by atoms with E-state index in [1.807, 2.05) is 18.4 Å². The molecule has 1 heterocycles. The number of benzene rings is 1. The minimum atomic E-state index is -0.271. The molecule has 0 unspecified atom stereocenters. The third-order valence-corrected chi connectivity index (χ3v) is 2.86. The molecule has 0 aliphatic carbocycles. The van der Waals surface area contributed by atoms with Gasteiger partial charge in [0.15, 0.2) is 0 Å². The molecule has 0 aliphatic rings. The maximum Gasteiger partial charge on any atom is 0.139 e. The topological polar surface area (TPSA) is 22.0 Å².